The van der Waals surface area contributed by atoms with E-state index in [2.05, 4.69) is 10.0 Å². The molecule has 1 atom stereocenters. The maximum atomic E-state index is 12.3. The molecule has 9 heteroatoms. The van der Waals surface area contributed by atoms with Crippen LogP contribution in [0.4, 0.5) is 11.4 Å². The number of carbonyl (C=O) groups excluding carboxylic acids is 1. The summed E-state index contributed by atoms with van der Waals surface area (Å²) in [4.78, 5) is 12.3. The lowest BCUT2D eigenvalue weighted by molar-refractivity contribution is -0.122. The maximum absolute atomic E-state index is 12.3. The summed E-state index contributed by atoms with van der Waals surface area (Å²) in [7, 11) is -2.03. The molecule has 0 saturated heterocycles. The molecule has 2 rings (SSSR count). The van der Waals surface area contributed by atoms with Crippen LogP contribution in [0.2, 0.25) is 5.02 Å². The number of anilines is 2. The molecule has 0 aliphatic carbocycles. The predicted octanol–water partition coefficient (Wildman–Crippen LogP) is 3.52. The van der Waals surface area contributed by atoms with Crippen LogP contribution >= 0.6 is 11.6 Å². The van der Waals surface area contributed by atoms with E-state index in [9.17, 15) is 13.2 Å². The molecule has 0 bridgehead atoms. The molecule has 0 heterocycles. The van der Waals surface area contributed by atoms with E-state index in [1.165, 1.54) is 26.2 Å². The van der Waals surface area contributed by atoms with E-state index < -0.39 is 16.1 Å². The van der Waals surface area contributed by atoms with Crippen LogP contribution in [0.5, 0.6) is 11.5 Å². The zero-order valence-electron chi connectivity index (χ0n) is 15.2. The van der Waals surface area contributed by atoms with Crippen LogP contribution in [0.25, 0.3) is 0 Å². The fourth-order valence-electron chi connectivity index (χ4n) is 2.13. The van der Waals surface area contributed by atoms with Crippen molar-refractivity contribution in [3.05, 3.63) is 47.5 Å². The molecule has 2 aromatic rings. The number of methoxy groups -OCH3 is 1. The molecule has 7 nitrogen and oxygen atoms in total. The van der Waals surface area contributed by atoms with Gasteiger partial charge in [0.2, 0.25) is 10.0 Å². The van der Waals surface area contributed by atoms with Gasteiger partial charge in [-0.05, 0) is 44.2 Å². The van der Waals surface area contributed by atoms with Gasteiger partial charge in [0.05, 0.1) is 18.6 Å². The summed E-state index contributed by atoms with van der Waals surface area (Å²) in [5, 5.41) is 3.21. The van der Waals surface area contributed by atoms with Crippen molar-refractivity contribution >= 4 is 38.9 Å². The fourth-order valence-corrected chi connectivity index (χ4v) is 2.96. The van der Waals surface area contributed by atoms with E-state index >= 15 is 0 Å². The Kier molecular flexibility index (Phi) is 6.92. The van der Waals surface area contributed by atoms with E-state index in [1.54, 1.807) is 37.3 Å². The van der Waals surface area contributed by atoms with Crippen molar-refractivity contribution in [3.63, 3.8) is 0 Å². The quantitative estimate of drug-likeness (QED) is 0.691. The second-order valence-corrected chi connectivity index (χ2v) is 8.07. The molecule has 1 unspecified atom stereocenters. The van der Waals surface area contributed by atoms with Gasteiger partial charge in [0, 0.05) is 16.8 Å². The lowest BCUT2D eigenvalue weighted by atomic mass is 10.2. The number of hydrogen-bond acceptors (Lipinski definition) is 5. The van der Waals surface area contributed by atoms with E-state index in [4.69, 9.17) is 21.1 Å². The summed E-state index contributed by atoms with van der Waals surface area (Å²) in [5.74, 6) is 0.326. The van der Waals surface area contributed by atoms with Gasteiger partial charge in [0.15, 0.2) is 6.10 Å². The molecule has 1 amide bonds. The van der Waals surface area contributed by atoms with Gasteiger partial charge in [-0.1, -0.05) is 17.7 Å². The van der Waals surface area contributed by atoms with Crippen LogP contribution in [0.3, 0.4) is 0 Å². The van der Waals surface area contributed by atoms with Crippen molar-refractivity contribution in [2.75, 3.05) is 22.9 Å². The van der Waals surface area contributed by atoms with Crippen LogP contribution < -0.4 is 19.5 Å². The first-order valence-corrected chi connectivity index (χ1v) is 10.2. The number of carbonyl (C=O) groups is 1. The monoisotopic (exact) mass is 412 g/mol. The molecule has 0 radical (unpaired) electrons. The molecular weight excluding hydrogens is 392 g/mol. The molecule has 0 aromatic heterocycles. The Labute approximate surface area is 163 Å². The smallest absolute Gasteiger partial charge is 0.265 e. The van der Waals surface area contributed by atoms with Crippen LogP contribution in [0.15, 0.2) is 42.5 Å². The van der Waals surface area contributed by atoms with E-state index in [1.807, 2.05) is 0 Å². The molecule has 0 aliphatic rings. The molecule has 27 heavy (non-hydrogen) atoms. The highest BCUT2D eigenvalue weighted by Crippen LogP contribution is 2.29. The highest BCUT2D eigenvalue weighted by atomic mass is 35.5. The first kappa shape index (κ1) is 20.9. The molecular formula is C18H21ClN2O5S. The molecule has 0 saturated carbocycles. The molecule has 0 fully saturated rings. The summed E-state index contributed by atoms with van der Waals surface area (Å²) in [5.41, 5.74) is 0.735. The van der Waals surface area contributed by atoms with Crippen LogP contribution in [0, 0.1) is 0 Å². The van der Waals surface area contributed by atoms with Crippen LogP contribution in [-0.2, 0) is 14.8 Å². The van der Waals surface area contributed by atoms with Gasteiger partial charge in [-0.15, -0.1) is 0 Å². The van der Waals surface area contributed by atoms with Gasteiger partial charge in [0.1, 0.15) is 11.5 Å². The summed E-state index contributed by atoms with van der Waals surface area (Å²) >= 11 is 5.90. The minimum Gasteiger partial charge on any atom is -0.494 e. The molecule has 0 spiro atoms. The summed E-state index contributed by atoms with van der Waals surface area (Å²) < 4.78 is 36.6. The normalized spacial score (nSPS) is 12.1. The second kappa shape index (κ2) is 8.96. The van der Waals surface area contributed by atoms with Crippen LogP contribution in [-0.4, -0.2) is 33.3 Å². The number of benzene rings is 2. The Bertz CT molecular complexity index is 918. The largest absolute Gasteiger partial charge is 0.494 e. The zero-order valence-corrected chi connectivity index (χ0v) is 16.7. The maximum Gasteiger partial charge on any atom is 0.265 e. The highest BCUT2D eigenvalue weighted by Gasteiger charge is 2.17. The van der Waals surface area contributed by atoms with E-state index in [0.717, 1.165) is 0 Å². The first-order valence-electron chi connectivity index (χ1n) is 8.15. The van der Waals surface area contributed by atoms with Crippen molar-refractivity contribution in [3.8, 4) is 11.5 Å². The van der Waals surface area contributed by atoms with Crippen molar-refractivity contribution in [2.45, 2.75) is 20.0 Å². The highest BCUT2D eigenvalue weighted by molar-refractivity contribution is 7.92. The number of rotatable bonds is 8. The number of nitrogens with one attached hydrogen (secondary N) is 2. The van der Waals surface area contributed by atoms with Crippen LogP contribution in [0.1, 0.15) is 13.8 Å². The third kappa shape index (κ3) is 6.04. The third-order valence-electron chi connectivity index (χ3n) is 3.59. The van der Waals surface area contributed by atoms with E-state index in [0.29, 0.717) is 22.1 Å². The zero-order chi connectivity index (χ0) is 20.0. The van der Waals surface area contributed by atoms with Gasteiger partial charge < -0.3 is 14.8 Å². The number of amides is 1. The fraction of sp³-hybridized carbons (Fsp3) is 0.278. The van der Waals surface area contributed by atoms with Gasteiger partial charge in [0.25, 0.3) is 5.91 Å². The first-order chi connectivity index (χ1) is 12.7. The summed E-state index contributed by atoms with van der Waals surface area (Å²) in [6, 6.07) is 11.4. The van der Waals surface area contributed by atoms with Gasteiger partial charge >= 0.3 is 0 Å². The predicted molar refractivity (Wildman–Crippen MR) is 106 cm³/mol. The Morgan fingerprint density at radius 3 is 2.59 bits per heavy atom. The number of hydrogen-bond donors (Lipinski definition) is 2. The summed E-state index contributed by atoms with van der Waals surface area (Å²) in [6.07, 6.45) is -0.771. The van der Waals surface area contributed by atoms with Gasteiger partial charge in [-0.3, -0.25) is 9.52 Å². The average Bonchev–Trinajstić information content (AvgIpc) is 2.62. The van der Waals surface area contributed by atoms with Crippen molar-refractivity contribution in [2.24, 2.45) is 0 Å². The Balaban J connectivity index is 2.08. The molecule has 2 N–H and O–H groups in total. The van der Waals surface area contributed by atoms with Gasteiger partial charge in [-0.25, -0.2) is 8.42 Å². The second-order valence-electron chi connectivity index (χ2n) is 5.63. The minimum atomic E-state index is -3.44. The van der Waals surface area contributed by atoms with Crippen molar-refractivity contribution in [1.82, 2.24) is 0 Å². The lowest BCUT2D eigenvalue weighted by Gasteiger charge is -2.16. The molecule has 146 valence electrons. The Morgan fingerprint density at radius 1 is 1.22 bits per heavy atom. The Hall–Kier alpha value is -2.45. The SMILES string of the molecule is CCS(=O)(=O)Nc1ccc(NC(=O)C(C)Oc2cccc(Cl)c2)cc1OC. The Morgan fingerprint density at radius 2 is 1.96 bits per heavy atom. The standard InChI is InChI=1S/C18H21ClN2O5S/c1-4-27(23,24)21-16-9-8-14(11-17(16)25-3)20-18(22)12(2)26-15-7-5-6-13(19)10-15/h5-12,21H,4H2,1-3H3,(H,20,22). The third-order valence-corrected chi connectivity index (χ3v) is 5.12. The van der Waals surface area contributed by atoms with E-state index in [-0.39, 0.29) is 17.4 Å². The molecule has 2 aromatic carbocycles. The number of sulfonamides is 1. The molecule has 0 aliphatic heterocycles. The average molecular weight is 413 g/mol. The topological polar surface area (TPSA) is 93.7 Å². The number of ether oxygens (including phenoxy) is 2. The summed E-state index contributed by atoms with van der Waals surface area (Å²) in [6.45, 7) is 3.14. The van der Waals surface area contributed by atoms with Crippen molar-refractivity contribution in [1.29, 1.82) is 0 Å². The van der Waals surface area contributed by atoms with Crippen molar-refractivity contribution < 1.29 is 22.7 Å². The minimum absolute atomic E-state index is 0.0625. The van der Waals surface area contributed by atoms with Gasteiger partial charge in [-0.2, -0.15) is 0 Å². The number of halogens is 1. The lowest BCUT2D eigenvalue weighted by Crippen LogP contribution is -2.30.